The van der Waals surface area contributed by atoms with E-state index in [4.69, 9.17) is 14.6 Å². The van der Waals surface area contributed by atoms with Crippen molar-refractivity contribution in [1.29, 1.82) is 0 Å². The molecule has 138 valence electrons. The van der Waals surface area contributed by atoms with Gasteiger partial charge in [-0.15, -0.1) is 0 Å². The first-order chi connectivity index (χ1) is 12.3. The number of methoxy groups -OCH3 is 2. The standard InChI is InChI=1S/C17H16INO6S/c1-24-14-9-11(3-8-16(20)21)10-15(17(14)25-2)26(22,23)19-13-6-4-12(18)5-7-13/h3-10,19H,1-2H3,(H,20,21)/b8-3+. The molecule has 26 heavy (non-hydrogen) atoms. The quantitative estimate of drug-likeness (QED) is 0.458. The molecule has 0 aliphatic heterocycles. The summed E-state index contributed by atoms with van der Waals surface area (Å²) < 4.78 is 39.5. The van der Waals surface area contributed by atoms with Gasteiger partial charge < -0.3 is 14.6 Å². The summed E-state index contributed by atoms with van der Waals surface area (Å²) >= 11 is 2.12. The largest absolute Gasteiger partial charge is 0.493 e. The van der Waals surface area contributed by atoms with E-state index in [1.807, 2.05) is 0 Å². The Morgan fingerprint density at radius 3 is 2.35 bits per heavy atom. The van der Waals surface area contributed by atoms with Gasteiger partial charge in [0.1, 0.15) is 4.90 Å². The summed E-state index contributed by atoms with van der Waals surface area (Å²) in [5.74, 6) is -0.956. The van der Waals surface area contributed by atoms with E-state index < -0.39 is 16.0 Å². The molecule has 9 heteroatoms. The lowest BCUT2D eigenvalue weighted by molar-refractivity contribution is -0.131. The highest BCUT2D eigenvalue weighted by molar-refractivity contribution is 14.1. The van der Waals surface area contributed by atoms with Gasteiger partial charge in [0.25, 0.3) is 10.0 Å². The Kier molecular flexibility index (Phi) is 6.48. The van der Waals surface area contributed by atoms with Crippen LogP contribution in [0.15, 0.2) is 47.4 Å². The zero-order chi connectivity index (χ0) is 19.3. The van der Waals surface area contributed by atoms with E-state index in [-0.39, 0.29) is 16.4 Å². The lowest BCUT2D eigenvalue weighted by Gasteiger charge is -2.15. The van der Waals surface area contributed by atoms with Crippen molar-refractivity contribution in [3.05, 3.63) is 51.6 Å². The number of carboxylic acids is 1. The molecule has 0 fully saturated rings. The van der Waals surface area contributed by atoms with Crippen LogP contribution in [0.4, 0.5) is 5.69 Å². The van der Waals surface area contributed by atoms with Crippen molar-refractivity contribution in [2.75, 3.05) is 18.9 Å². The number of carbonyl (C=O) groups is 1. The molecular formula is C17H16INO6S. The predicted octanol–water partition coefficient (Wildman–Crippen LogP) is 3.21. The Morgan fingerprint density at radius 2 is 1.81 bits per heavy atom. The molecule has 2 N–H and O–H groups in total. The highest BCUT2D eigenvalue weighted by Crippen LogP contribution is 2.36. The second-order valence-electron chi connectivity index (χ2n) is 5.04. The zero-order valence-corrected chi connectivity index (χ0v) is 16.9. The fourth-order valence-corrected chi connectivity index (χ4v) is 3.78. The number of hydrogen-bond donors (Lipinski definition) is 2. The molecule has 0 amide bonds. The number of carboxylic acid groups (broad SMARTS) is 1. The molecule has 0 heterocycles. The van der Waals surface area contributed by atoms with Crippen molar-refractivity contribution in [3.8, 4) is 11.5 Å². The number of aliphatic carboxylic acids is 1. The van der Waals surface area contributed by atoms with Gasteiger partial charge in [-0.05, 0) is 70.6 Å². The van der Waals surface area contributed by atoms with E-state index in [1.54, 1.807) is 24.3 Å². The van der Waals surface area contributed by atoms with Crippen LogP contribution < -0.4 is 14.2 Å². The highest BCUT2D eigenvalue weighted by atomic mass is 127. The van der Waals surface area contributed by atoms with E-state index >= 15 is 0 Å². The number of anilines is 1. The highest BCUT2D eigenvalue weighted by Gasteiger charge is 2.24. The molecule has 2 rings (SSSR count). The summed E-state index contributed by atoms with van der Waals surface area (Å²) in [6.07, 6.45) is 2.18. The fraction of sp³-hybridized carbons (Fsp3) is 0.118. The van der Waals surface area contributed by atoms with Gasteiger partial charge >= 0.3 is 5.97 Å². The average Bonchev–Trinajstić information content (AvgIpc) is 2.60. The van der Waals surface area contributed by atoms with Crippen molar-refractivity contribution >= 4 is 50.3 Å². The zero-order valence-electron chi connectivity index (χ0n) is 13.9. The first kappa shape index (κ1) is 20.0. The van der Waals surface area contributed by atoms with Gasteiger partial charge in [-0.2, -0.15) is 0 Å². The second kappa shape index (κ2) is 8.41. The summed E-state index contributed by atoms with van der Waals surface area (Å²) in [6.45, 7) is 0. The molecular weight excluding hydrogens is 473 g/mol. The van der Waals surface area contributed by atoms with Gasteiger partial charge in [-0.3, -0.25) is 4.72 Å². The minimum atomic E-state index is -4.00. The minimum Gasteiger partial charge on any atom is -0.493 e. The molecule has 0 radical (unpaired) electrons. The summed E-state index contributed by atoms with van der Waals surface area (Å²) in [4.78, 5) is 10.6. The van der Waals surface area contributed by atoms with Gasteiger partial charge in [0.15, 0.2) is 11.5 Å². The lowest BCUT2D eigenvalue weighted by Crippen LogP contribution is -2.14. The SMILES string of the molecule is COc1cc(/C=C/C(=O)O)cc(S(=O)(=O)Nc2ccc(I)cc2)c1OC. The van der Waals surface area contributed by atoms with E-state index in [0.29, 0.717) is 11.3 Å². The molecule has 0 spiro atoms. The number of ether oxygens (including phenoxy) is 2. The van der Waals surface area contributed by atoms with E-state index in [0.717, 1.165) is 9.65 Å². The summed E-state index contributed by atoms with van der Waals surface area (Å²) in [5.41, 5.74) is 0.728. The molecule has 0 aliphatic rings. The molecule has 0 saturated carbocycles. The smallest absolute Gasteiger partial charge is 0.328 e. The third kappa shape index (κ3) is 4.88. The fourth-order valence-electron chi connectivity index (χ4n) is 2.14. The average molecular weight is 489 g/mol. The maximum atomic E-state index is 12.8. The van der Waals surface area contributed by atoms with Gasteiger partial charge in [-0.25, -0.2) is 13.2 Å². The normalized spacial score (nSPS) is 11.3. The number of halogens is 1. The number of rotatable bonds is 7. The minimum absolute atomic E-state index is 0.0259. The molecule has 0 saturated heterocycles. The van der Waals surface area contributed by atoms with Gasteiger partial charge in [0, 0.05) is 15.3 Å². The molecule has 2 aromatic carbocycles. The van der Waals surface area contributed by atoms with Crippen molar-refractivity contribution < 1.29 is 27.8 Å². The molecule has 0 aromatic heterocycles. The van der Waals surface area contributed by atoms with Crippen LogP contribution in [0, 0.1) is 3.57 Å². The van der Waals surface area contributed by atoms with E-state index in [2.05, 4.69) is 27.3 Å². The number of benzene rings is 2. The Bertz CT molecular complexity index is 938. The van der Waals surface area contributed by atoms with Gasteiger partial charge in [0.05, 0.1) is 14.2 Å². The summed E-state index contributed by atoms with van der Waals surface area (Å²) in [6, 6.07) is 9.61. The van der Waals surface area contributed by atoms with Crippen LogP contribution >= 0.6 is 22.6 Å². The Balaban J connectivity index is 2.55. The topological polar surface area (TPSA) is 102 Å². The molecule has 0 aliphatic carbocycles. The van der Waals surface area contributed by atoms with Crippen LogP contribution in [0.1, 0.15) is 5.56 Å². The maximum Gasteiger partial charge on any atom is 0.328 e. The first-order valence-corrected chi connectivity index (χ1v) is 9.78. The molecule has 7 nitrogen and oxygen atoms in total. The van der Waals surface area contributed by atoms with Crippen LogP contribution in [0.25, 0.3) is 6.08 Å². The third-order valence-corrected chi connectivity index (χ3v) is 5.38. The van der Waals surface area contributed by atoms with Crippen molar-refractivity contribution in [2.24, 2.45) is 0 Å². The summed E-state index contributed by atoms with van der Waals surface area (Å²) in [7, 11) is -1.31. The Hall–Kier alpha value is -2.27. The van der Waals surface area contributed by atoms with Crippen LogP contribution in [0.3, 0.4) is 0 Å². The van der Waals surface area contributed by atoms with Crippen molar-refractivity contribution in [3.63, 3.8) is 0 Å². The van der Waals surface area contributed by atoms with Gasteiger partial charge in [0.2, 0.25) is 0 Å². The van der Waals surface area contributed by atoms with Gasteiger partial charge in [-0.1, -0.05) is 0 Å². The third-order valence-electron chi connectivity index (χ3n) is 3.27. The maximum absolute atomic E-state index is 12.8. The van der Waals surface area contributed by atoms with Crippen LogP contribution in [-0.4, -0.2) is 33.7 Å². The number of nitrogens with one attached hydrogen (secondary N) is 1. The van der Waals surface area contributed by atoms with Crippen molar-refractivity contribution in [2.45, 2.75) is 4.90 Å². The lowest BCUT2D eigenvalue weighted by atomic mass is 10.2. The molecule has 0 atom stereocenters. The van der Waals surface area contributed by atoms with Crippen molar-refractivity contribution in [1.82, 2.24) is 0 Å². The van der Waals surface area contributed by atoms with E-state index in [1.165, 1.54) is 32.4 Å². The Labute approximate surface area is 164 Å². The Morgan fingerprint density at radius 1 is 1.15 bits per heavy atom. The monoisotopic (exact) mass is 489 g/mol. The molecule has 0 unspecified atom stereocenters. The van der Waals surface area contributed by atoms with Crippen LogP contribution in [-0.2, 0) is 14.8 Å². The second-order valence-corrected chi connectivity index (χ2v) is 7.93. The number of sulfonamides is 1. The molecule has 0 bridgehead atoms. The first-order valence-electron chi connectivity index (χ1n) is 7.22. The molecule has 2 aromatic rings. The number of hydrogen-bond acceptors (Lipinski definition) is 5. The van der Waals surface area contributed by atoms with Crippen LogP contribution in [0.5, 0.6) is 11.5 Å². The van der Waals surface area contributed by atoms with E-state index in [9.17, 15) is 13.2 Å². The van der Waals surface area contributed by atoms with Crippen LogP contribution in [0.2, 0.25) is 0 Å². The summed E-state index contributed by atoms with van der Waals surface area (Å²) in [5, 5.41) is 8.77. The predicted molar refractivity (Wildman–Crippen MR) is 106 cm³/mol.